The average Bonchev–Trinajstić information content (AvgIpc) is 2.81. The Morgan fingerprint density at radius 1 is 0.861 bits per heavy atom. The van der Waals surface area contributed by atoms with E-state index in [2.05, 4.69) is 29.9 Å². The van der Waals surface area contributed by atoms with Gasteiger partial charge in [0.25, 0.3) is 11.1 Å². The molecule has 0 fully saturated rings. The summed E-state index contributed by atoms with van der Waals surface area (Å²) in [7, 11) is 0. The normalized spacial score (nSPS) is 11.1. The molecule has 0 aliphatic rings. The molecule has 188 valence electrons. The van der Waals surface area contributed by atoms with E-state index in [0.29, 0.717) is 40.1 Å². The third-order valence-corrected chi connectivity index (χ3v) is 4.62. The lowest BCUT2D eigenvalue weighted by Gasteiger charge is -2.19. The van der Waals surface area contributed by atoms with Gasteiger partial charge in [0.1, 0.15) is 17.2 Å². The predicted molar refractivity (Wildman–Crippen MR) is 130 cm³/mol. The second kappa shape index (κ2) is 11.3. The number of pyridine rings is 2. The van der Waals surface area contributed by atoms with E-state index in [0.717, 1.165) is 0 Å². The summed E-state index contributed by atoms with van der Waals surface area (Å²) in [5, 5.41) is 9.36. The van der Waals surface area contributed by atoms with Crippen molar-refractivity contribution in [3.8, 4) is 0 Å². The number of aliphatic carboxylic acids is 1. The van der Waals surface area contributed by atoms with Crippen LogP contribution in [-0.4, -0.2) is 52.6 Å². The van der Waals surface area contributed by atoms with Crippen LogP contribution in [0.3, 0.4) is 0 Å². The van der Waals surface area contributed by atoms with Gasteiger partial charge in [-0.3, -0.25) is 19.2 Å². The van der Waals surface area contributed by atoms with E-state index in [4.69, 9.17) is 9.84 Å². The van der Waals surface area contributed by atoms with Gasteiger partial charge in [-0.25, -0.2) is 19.9 Å². The van der Waals surface area contributed by atoms with E-state index < -0.39 is 11.6 Å². The van der Waals surface area contributed by atoms with Crippen molar-refractivity contribution < 1.29 is 19.4 Å². The second-order valence-electron chi connectivity index (χ2n) is 8.75. The minimum Gasteiger partial charge on any atom is -0.481 e. The zero-order chi connectivity index (χ0) is 26.3. The molecule has 0 saturated heterocycles. The van der Waals surface area contributed by atoms with Gasteiger partial charge in [0.05, 0.1) is 23.6 Å². The number of nitrogens with zero attached hydrogens (tertiary/aromatic N) is 4. The Bertz CT molecular complexity index is 1510. The summed E-state index contributed by atoms with van der Waals surface area (Å²) < 4.78 is 5.20. The molecule has 0 aromatic carbocycles. The first-order chi connectivity index (χ1) is 17.0. The lowest BCUT2D eigenvalue weighted by atomic mass is 10.2. The van der Waals surface area contributed by atoms with E-state index in [1.165, 1.54) is 6.20 Å². The number of aromatic nitrogens is 6. The zero-order valence-corrected chi connectivity index (χ0v) is 20.1. The van der Waals surface area contributed by atoms with Gasteiger partial charge in [0, 0.05) is 25.2 Å². The molecule has 36 heavy (non-hydrogen) atoms. The summed E-state index contributed by atoms with van der Waals surface area (Å²) in [6, 6.07) is 6.61. The molecule has 4 aromatic heterocycles. The first-order valence-corrected chi connectivity index (χ1v) is 11.1. The fraction of sp³-hybridized carbons (Fsp3) is 0.333. The maximum atomic E-state index is 11.8. The number of carbonyl (C=O) groups excluding carboxylic acids is 1. The molecule has 4 rings (SSSR count). The van der Waals surface area contributed by atoms with Crippen LogP contribution in [0, 0.1) is 0 Å². The highest BCUT2D eigenvalue weighted by Crippen LogP contribution is 2.10. The number of H-pyrrole nitrogens is 2. The molecule has 12 heteroatoms. The van der Waals surface area contributed by atoms with Gasteiger partial charge in [-0.1, -0.05) is 0 Å². The Morgan fingerprint density at radius 3 is 1.78 bits per heavy atom. The molecule has 0 spiro atoms. The third-order valence-electron chi connectivity index (χ3n) is 4.62. The number of fused-ring (bicyclic) bond motifs is 2. The zero-order valence-electron chi connectivity index (χ0n) is 20.1. The van der Waals surface area contributed by atoms with Gasteiger partial charge in [-0.15, -0.1) is 0 Å². The van der Waals surface area contributed by atoms with Crippen LogP contribution in [0.1, 0.15) is 45.3 Å². The number of hydrogen-bond donors (Lipinski definition) is 3. The van der Waals surface area contributed by atoms with Crippen molar-refractivity contribution in [1.82, 2.24) is 29.9 Å². The number of aromatic amines is 2. The highest BCUT2D eigenvalue weighted by Gasteiger charge is 2.16. The van der Waals surface area contributed by atoms with Crippen LogP contribution in [0.15, 0.2) is 46.2 Å². The number of carboxylic acids is 1. The predicted octanol–water partition coefficient (Wildman–Crippen LogP) is 1.93. The lowest BCUT2D eigenvalue weighted by molar-refractivity contribution is -0.154. The van der Waals surface area contributed by atoms with E-state index in [1.54, 1.807) is 30.5 Å². The molecule has 0 amide bonds. The fourth-order valence-corrected chi connectivity index (χ4v) is 3.11. The topological polar surface area (TPSA) is 181 Å². The SMILES string of the molecule is CC(C)(C)OC(=O)CCc1nc2ncccc2c(=O)[nH]1.O=C(O)CCc1nc2ncccc2c(=O)[nH]1. The van der Waals surface area contributed by atoms with Gasteiger partial charge in [-0.2, -0.15) is 0 Å². The first kappa shape index (κ1) is 26.1. The third kappa shape index (κ3) is 7.52. The van der Waals surface area contributed by atoms with Gasteiger partial charge < -0.3 is 19.8 Å². The monoisotopic (exact) mass is 494 g/mol. The summed E-state index contributed by atoms with van der Waals surface area (Å²) in [6.45, 7) is 5.43. The number of hydrogen-bond acceptors (Lipinski definition) is 9. The Hall–Kier alpha value is -4.48. The molecule has 12 nitrogen and oxygen atoms in total. The molecular weight excluding hydrogens is 468 g/mol. The van der Waals surface area contributed by atoms with Crippen molar-refractivity contribution >= 4 is 34.0 Å². The standard InChI is InChI=1S/C14H17N3O3.C10H9N3O3/c1-14(2,3)20-11(18)7-6-10-16-12-9(13(19)17-10)5-4-8-15-12;14-8(15)4-3-7-12-9-6(10(16)13-7)2-1-5-11-9/h4-5,8H,6-7H2,1-3H3,(H,15,16,17,19);1-2,5H,3-4H2,(H,14,15)(H,11,12,13,16). The van der Waals surface area contributed by atoms with Crippen LogP contribution in [0.4, 0.5) is 0 Å². The maximum absolute atomic E-state index is 11.8. The Morgan fingerprint density at radius 2 is 1.33 bits per heavy atom. The largest absolute Gasteiger partial charge is 0.481 e. The van der Waals surface area contributed by atoms with Crippen LogP contribution in [-0.2, 0) is 27.2 Å². The van der Waals surface area contributed by atoms with Crippen molar-refractivity contribution in [1.29, 1.82) is 0 Å². The number of carboxylic acid groups (broad SMARTS) is 1. The number of ether oxygens (including phenoxy) is 1. The highest BCUT2D eigenvalue weighted by molar-refractivity contribution is 5.74. The average molecular weight is 495 g/mol. The Balaban J connectivity index is 0.000000205. The van der Waals surface area contributed by atoms with Gasteiger partial charge in [-0.05, 0) is 45.0 Å². The van der Waals surface area contributed by atoms with Gasteiger partial charge >= 0.3 is 11.9 Å². The summed E-state index contributed by atoms with van der Waals surface area (Å²) in [5.74, 6) is -0.462. The molecule has 0 radical (unpaired) electrons. The quantitative estimate of drug-likeness (QED) is 0.335. The summed E-state index contributed by atoms with van der Waals surface area (Å²) in [6.07, 6.45) is 3.72. The number of aryl methyl sites for hydroxylation is 2. The van der Waals surface area contributed by atoms with Crippen LogP contribution >= 0.6 is 0 Å². The Labute approximate surface area is 204 Å². The van der Waals surface area contributed by atoms with Crippen LogP contribution in [0.5, 0.6) is 0 Å². The smallest absolute Gasteiger partial charge is 0.306 e. The molecule has 0 unspecified atom stereocenters. The van der Waals surface area contributed by atoms with E-state index in [-0.39, 0.29) is 36.4 Å². The maximum Gasteiger partial charge on any atom is 0.306 e. The molecule has 0 saturated carbocycles. The molecule has 4 aromatic rings. The molecule has 0 atom stereocenters. The van der Waals surface area contributed by atoms with Crippen molar-refractivity contribution in [2.45, 2.75) is 52.1 Å². The number of carbonyl (C=O) groups is 2. The molecule has 4 heterocycles. The van der Waals surface area contributed by atoms with Crippen molar-refractivity contribution in [2.24, 2.45) is 0 Å². The number of nitrogens with one attached hydrogen (secondary N) is 2. The minimum atomic E-state index is -0.927. The van der Waals surface area contributed by atoms with Gasteiger partial charge in [0.2, 0.25) is 0 Å². The first-order valence-electron chi connectivity index (χ1n) is 11.1. The molecule has 0 bridgehead atoms. The van der Waals surface area contributed by atoms with Crippen molar-refractivity contribution in [3.05, 3.63) is 69.0 Å². The molecule has 0 aliphatic carbocycles. The number of esters is 1. The molecular formula is C24H26N6O6. The minimum absolute atomic E-state index is 0.0682. The van der Waals surface area contributed by atoms with Crippen molar-refractivity contribution in [2.75, 3.05) is 0 Å². The second-order valence-corrected chi connectivity index (χ2v) is 8.75. The van der Waals surface area contributed by atoms with Crippen molar-refractivity contribution in [3.63, 3.8) is 0 Å². The highest BCUT2D eigenvalue weighted by atomic mass is 16.6. The number of rotatable bonds is 6. The fourth-order valence-electron chi connectivity index (χ4n) is 3.11. The van der Waals surface area contributed by atoms with Crippen LogP contribution in [0.25, 0.3) is 22.1 Å². The molecule has 3 N–H and O–H groups in total. The van der Waals surface area contributed by atoms with Crippen LogP contribution < -0.4 is 11.1 Å². The summed E-state index contributed by atoms with van der Waals surface area (Å²) in [5.41, 5.74) is -0.328. The van der Waals surface area contributed by atoms with E-state index in [1.807, 2.05) is 20.8 Å². The van der Waals surface area contributed by atoms with E-state index >= 15 is 0 Å². The summed E-state index contributed by atoms with van der Waals surface area (Å²) >= 11 is 0. The molecule has 0 aliphatic heterocycles. The van der Waals surface area contributed by atoms with Gasteiger partial charge in [0.15, 0.2) is 11.3 Å². The van der Waals surface area contributed by atoms with Crippen LogP contribution in [0.2, 0.25) is 0 Å². The Kier molecular flexibility index (Phi) is 8.20. The van der Waals surface area contributed by atoms with E-state index in [9.17, 15) is 19.2 Å². The lowest BCUT2D eigenvalue weighted by Crippen LogP contribution is -2.24. The summed E-state index contributed by atoms with van der Waals surface area (Å²) in [4.78, 5) is 66.9.